The highest BCUT2D eigenvalue weighted by molar-refractivity contribution is 6.31. The largest absolute Gasteiger partial charge is 0.466 e. The van der Waals surface area contributed by atoms with Gasteiger partial charge in [-0.15, -0.1) is 0 Å². The number of anilines is 1. The number of hydrogen-bond donors (Lipinski definition) is 1. The average molecular weight is 213 g/mol. The van der Waals surface area contributed by atoms with Gasteiger partial charge in [0.2, 0.25) is 0 Å². The summed E-state index contributed by atoms with van der Waals surface area (Å²) in [5, 5.41) is 0.255. The van der Waals surface area contributed by atoms with Crippen molar-refractivity contribution in [3.63, 3.8) is 0 Å². The molecule has 0 saturated carbocycles. The molecule has 5 heteroatoms. The minimum Gasteiger partial charge on any atom is -0.466 e. The van der Waals surface area contributed by atoms with Crippen molar-refractivity contribution in [1.29, 1.82) is 0 Å². The molecule has 0 bridgehead atoms. The highest BCUT2D eigenvalue weighted by Crippen LogP contribution is 2.20. The molecule has 0 fully saturated rings. The number of esters is 1. The van der Waals surface area contributed by atoms with E-state index in [0.717, 1.165) is 0 Å². The van der Waals surface area contributed by atoms with Crippen molar-refractivity contribution in [2.75, 3.05) is 12.8 Å². The van der Waals surface area contributed by atoms with E-state index in [9.17, 15) is 4.79 Å². The minimum atomic E-state index is -0.468. The third-order valence-electron chi connectivity index (χ3n) is 1.56. The smallest absolute Gasteiger partial charge is 0.330 e. The molecule has 0 aliphatic carbocycles. The van der Waals surface area contributed by atoms with E-state index >= 15 is 0 Å². The second-order valence-electron chi connectivity index (χ2n) is 2.46. The number of carbonyl (C=O) groups excluding carboxylic acids is 1. The molecule has 4 nitrogen and oxygen atoms in total. The molecule has 1 aromatic rings. The van der Waals surface area contributed by atoms with Gasteiger partial charge >= 0.3 is 5.97 Å². The van der Waals surface area contributed by atoms with Crippen molar-refractivity contribution in [2.24, 2.45) is 0 Å². The van der Waals surface area contributed by atoms with Crippen LogP contribution in [0.5, 0.6) is 0 Å². The summed E-state index contributed by atoms with van der Waals surface area (Å²) in [6.07, 6.45) is 4.20. The predicted molar refractivity (Wildman–Crippen MR) is 54.7 cm³/mol. The first-order chi connectivity index (χ1) is 6.65. The molecule has 74 valence electrons. The normalized spacial score (nSPS) is 10.4. The van der Waals surface area contributed by atoms with E-state index in [1.807, 2.05) is 0 Å². The van der Waals surface area contributed by atoms with Crippen LogP contribution >= 0.6 is 11.6 Å². The Bertz CT molecular complexity index is 357. The maximum Gasteiger partial charge on any atom is 0.330 e. The maximum absolute atomic E-state index is 10.8. The van der Waals surface area contributed by atoms with Gasteiger partial charge < -0.3 is 10.5 Å². The summed E-state index contributed by atoms with van der Waals surface area (Å²) in [6, 6.07) is 1.60. The molecule has 1 heterocycles. The SMILES string of the molecule is COC(=O)C=Cc1c(N)ccnc1Cl. The van der Waals surface area contributed by atoms with Crippen molar-refractivity contribution >= 4 is 29.3 Å². The number of halogens is 1. The van der Waals surface area contributed by atoms with Gasteiger partial charge in [-0.05, 0) is 12.1 Å². The lowest BCUT2D eigenvalue weighted by Crippen LogP contribution is -1.95. The number of ether oxygens (including phenoxy) is 1. The van der Waals surface area contributed by atoms with Gasteiger partial charge in [-0.25, -0.2) is 9.78 Å². The lowest BCUT2D eigenvalue weighted by molar-refractivity contribution is -0.134. The number of nitrogen functional groups attached to an aromatic ring is 1. The van der Waals surface area contributed by atoms with Crippen LogP contribution in [0.3, 0.4) is 0 Å². The zero-order valence-corrected chi connectivity index (χ0v) is 8.28. The van der Waals surface area contributed by atoms with E-state index in [1.54, 1.807) is 6.07 Å². The summed E-state index contributed by atoms with van der Waals surface area (Å²) < 4.78 is 4.42. The lowest BCUT2D eigenvalue weighted by atomic mass is 10.2. The van der Waals surface area contributed by atoms with Crippen LogP contribution in [0.25, 0.3) is 6.08 Å². The zero-order valence-electron chi connectivity index (χ0n) is 7.53. The quantitative estimate of drug-likeness (QED) is 0.459. The monoisotopic (exact) mass is 212 g/mol. The maximum atomic E-state index is 10.8. The van der Waals surface area contributed by atoms with Gasteiger partial charge in [0.15, 0.2) is 0 Å². The molecule has 0 aliphatic rings. The summed E-state index contributed by atoms with van der Waals surface area (Å²) >= 11 is 5.76. The Labute approximate surface area is 86.3 Å². The molecule has 0 aliphatic heterocycles. The third kappa shape index (κ3) is 2.47. The Hall–Kier alpha value is -1.55. The third-order valence-corrected chi connectivity index (χ3v) is 1.86. The minimum absolute atomic E-state index is 0.255. The molecule has 0 atom stereocenters. The fourth-order valence-corrected chi connectivity index (χ4v) is 1.07. The van der Waals surface area contributed by atoms with E-state index in [0.29, 0.717) is 11.3 Å². The van der Waals surface area contributed by atoms with Gasteiger partial charge in [-0.2, -0.15) is 0 Å². The zero-order chi connectivity index (χ0) is 10.6. The number of methoxy groups -OCH3 is 1. The molecular weight excluding hydrogens is 204 g/mol. The molecular formula is C9H9ClN2O2. The Kier molecular flexibility index (Phi) is 3.48. The predicted octanol–water partition coefficient (Wildman–Crippen LogP) is 1.50. The van der Waals surface area contributed by atoms with Crippen molar-refractivity contribution < 1.29 is 9.53 Å². The summed E-state index contributed by atoms with van der Waals surface area (Å²) in [6.45, 7) is 0. The highest BCUT2D eigenvalue weighted by Gasteiger charge is 2.02. The van der Waals surface area contributed by atoms with Crippen LogP contribution < -0.4 is 5.73 Å². The van der Waals surface area contributed by atoms with Crippen LogP contribution in [0.15, 0.2) is 18.3 Å². The van der Waals surface area contributed by atoms with Crippen LogP contribution in [0, 0.1) is 0 Å². The van der Waals surface area contributed by atoms with Gasteiger partial charge in [0.25, 0.3) is 0 Å². The number of hydrogen-bond acceptors (Lipinski definition) is 4. The topological polar surface area (TPSA) is 65.2 Å². The van der Waals surface area contributed by atoms with E-state index in [-0.39, 0.29) is 5.15 Å². The van der Waals surface area contributed by atoms with Crippen molar-refractivity contribution in [2.45, 2.75) is 0 Å². The van der Waals surface area contributed by atoms with Gasteiger partial charge in [-0.1, -0.05) is 11.6 Å². The summed E-state index contributed by atoms with van der Waals surface area (Å²) in [4.78, 5) is 14.6. The summed E-state index contributed by atoms with van der Waals surface area (Å²) in [5.74, 6) is -0.468. The number of nitrogens with two attached hydrogens (primary N) is 1. The first kappa shape index (κ1) is 10.5. The molecule has 0 aromatic carbocycles. The van der Waals surface area contributed by atoms with Crippen LogP contribution in [-0.2, 0) is 9.53 Å². The van der Waals surface area contributed by atoms with Crippen molar-refractivity contribution in [1.82, 2.24) is 4.98 Å². The molecule has 0 radical (unpaired) electrons. The van der Waals surface area contributed by atoms with Gasteiger partial charge in [0, 0.05) is 23.5 Å². The van der Waals surface area contributed by atoms with Crippen LogP contribution in [0.1, 0.15) is 5.56 Å². The first-order valence-electron chi connectivity index (χ1n) is 3.81. The molecule has 0 spiro atoms. The molecule has 1 aromatic heterocycles. The lowest BCUT2D eigenvalue weighted by Gasteiger charge is -2.00. The summed E-state index contributed by atoms with van der Waals surface area (Å²) in [5.41, 5.74) is 6.60. The first-order valence-corrected chi connectivity index (χ1v) is 4.19. The van der Waals surface area contributed by atoms with Gasteiger partial charge in [0.05, 0.1) is 7.11 Å². The number of rotatable bonds is 2. The average Bonchev–Trinajstić information content (AvgIpc) is 2.16. The molecule has 14 heavy (non-hydrogen) atoms. The highest BCUT2D eigenvalue weighted by atomic mass is 35.5. The fourth-order valence-electron chi connectivity index (χ4n) is 0.846. The fraction of sp³-hybridized carbons (Fsp3) is 0.111. The number of aromatic nitrogens is 1. The molecule has 2 N–H and O–H groups in total. The Morgan fingerprint density at radius 1 is 1.71 bits per heavy atom. The Morgan fingerprint density at radius 2 is 2.43 bits per heavy atom. The molecule has 0 amide bonds. The van der Waals surface area contributed by atoms with Crippen LogP contribution in [0.2, 0.25) is 5.15 Å². The Morgan fingerprint density at radius 3 is 3.00 bits per heavy atom. The summed E-state index contributed by atoms with van der Waals surface area (Å²) in [7, 11) is 1.29. The molecule has 0 saturated heterocycles. The van der Waals surface area contributed by atoms with Gasteiger partial charge in [-0.3, -0.25) is 0 Å². The Balaban J connectivity index is 2.96. The molecule has 1 rings (SSSR count). The van der Waals surface area contributed by atoms with E-state index in [4.69, 9.17) is 17.3 Å². The van der Waals surface area contributed by atoms with Crippen LogP contribution in [0.4, 0.5) is 5.69 Å². The second kappa shape index (κ2) is 4.62. The van der Waals surface area contributed by atoms with Gasteiger partial charge in [0.1, 0.15) is 5.15 Å². The molecule has 0 unspecified atom stereocenters. The van der Waals surface area contributed by atoms with Crippen molar-refractivity contribution in [3.05, 3.63) is 29.1 Å². The van der Waals surface area contributed by atoms with E-state index in [1.165, 1.54) is 25.5 Å². The van der Waals surface area contributed by atoms with E-state index < -0.39 is 5.97 Å². The van der Waals surface area contributed by atoms with E-state index in [2.05, 4.69) is 9.72 Å². The standard InChI is InChI=1S/C9H9ClN2O2/c1-14-8(13)3-2-6-7(11)4-5-12-9(6)10/h2-5H,1H3,(H2,11,12). The number of carbonyl (C=O) groups is 1. The van der Waals surface area contributed by atoms with Crippen molar-refractivity contribution in [3.8, 4) is 0 Å². The second-order valence-corrected chi connectivity index (χ2v) is 2.82. The number of pyridine rings is 1. The number of nitrogens with zero attached hydrogens (tertiary/aromatic N) is 1. The van der Waals surface area contributed by atoms with Crippen LogP contribution in [-0.4, -0.2) is 18.1 Å².